The van der Waals surface area contributed by atoms with Gasteiger partial charge in [0.1, 0.15) is 0 Å². The van der Waals surface area contributed by atoms with Crippen LogP contribution in [0, 0.1) is 6.92 Å². The van der Waals surface area contributed by atoms with Crippen LogP contribution in [0.25, 0.3) is 22.0 Å². The first-order valence-corrected chi connectivity index (χ1v) is 15.9. The van der Waals surface area contributed by atoms with Crippen LogP contribution in [0.3, 0.4) is 0 Å². The molecule has 0 fully saturated rings. The molecule has 0 saturated heterocycles. The predicted octanol–water partition coefficient (Wildman–Crippen LogP) is 8.60. The minimum absolute atomic E-state index is 0.119. The fourth-order valence-corrected chi connectivity index (χ4v) is 8.11. The summed E-state index contributed by atoms with van der Waals surface area (Å²) in [5.41, 5.74) is 7.37. The lowest BCUT2D eigenvalue weighted by molar-refractivity contribution is 0.595. The highest BCUT2D eigenvalue weighted by atomic mass is 32.2. The number of sulfonamides is 1. The number of anilines is 1. The highest BCUT2D eigenvalue weighted by Gasteiger charge is 2.36. The molecule has 6 aromatic rings. The summed E-state index contributed by atoms with van der Waals surface area (Å²) in [7, 11) is -3.87. The molecule has 2 aromatic heterocycles. The monoisotopic (exact) mass is 572 g/mol. The van der Waals surface area contributed by atoms with Crippen LogP contribution in [0.2, 0.25) is 0 Å². The molecule has 41 heavy (non-hydrogen) atoms. The summed E-state index contributed by atoms with van der Waals surface area (Å²) in [6.45, 7) is 1.96. The molecule has 0 spiro atoms. The number of benzene rings is 4. The van der Waals surface area contributed by atoms with E-state index in [0.29, 0.717) is 12.1 Å². The van der Waals surface area contributed by atoms with Crippen molar-refractivity contribution in [1.82, 2.24) is 4.57 Å². The molecule has 0 bridgehead atoms. The summed E-state index contributed by atoms with van der Waals surface area (Å²) in [4.78, 5) is 1.45. The highest BCUT2D eigenvalue weighted by molar-refractivity contribution is 7.93. The molecular weight excluding hydrogens is 545 g/mol. The number of hydrogen-bond donors (Lipinski definition) is 0. The molecule has 0 N–H and O–H groups in total. The fraction of sp³-hybridized carbons (Fsp3) is 0.0857. The first-order chi connectivity index (χ1) is 20.0. The molecule has 7 rings (SSSR count). The molecule has 1 atom stereocenters. The Balaban J connectivity index is 1.46. The molecule has 3 heterocycles. The van der Waals surface area contributed by atoms with Gasteiger partial charge in [-0.3, -0.25) is 0 Å². The molecule has 202 valence electrons. The molecule has 4 nitrogen and oxygen atoms in total. The van der Waals surface area contributed by atoms with Crippen LogP contribution in [0.5, 0.6) is 0 Å². The summed E-state index contributed by atoms with van der Waals surface area (Å²) in [5.74, 6) is 0. The van der Waals surface area contributed by atoms with Gasteiger partial charge in [-0.15, -0.1) is 11.3 Å². The number of hydrogen-bond acceptors (Lipinski definition) is 3. The lowest BCUT2D eigenvalue weighted by atomic mass is 9.98. The zero-order chi connectivity index (χ0) is 28.0. The van der Waals surface area contributed by atoms with Crippen LogP contribution in [0.15, 0.2) is 143 Å². The van der Waals surface area contributed by atoms with Crippen LogP contribution in [0.4, 0.5) is 5.69 Å². The fourth-order valence-electron chi connectivity index (χ4n) is 5.87. The minimum atomic E-state index is -3.87. The van der Waals surface area contributed by atoms with Crippen molar-refractivity contribution in [1.29, 1.82) is 0 Å². The van der Waals surface area contributed by atoms with Crippen LogP contribution in [0.1, 0.15) is 22.2 Å². The summed E-state index contributed by atoms with van der Waals surface area (Å²) >= 11 is 1.70. The number of nitrogens with zero attached hydrogens (tertiary/aromatic N) is 2. The Labute approximate surface area is 244 Å². The van der Waals surface area contributed by atoms with Gasteiger partial charge in [0.2, 0.25) is 0 Å². The van der Waals surface area contributed by atoms with Crippen LogP contribution >= 0.6 is 11.3 Å². The summed E-state index contributed by atoms with van der Waals surface area (Å²) in [5, 5.41) is 3.30. The van der Waals surface area contributed by atoms with E-state index in [4.69, 9.17) is 0 Å². The summed E-state index contributed by atoms with van der Waals surface area (Å²) in [6.07, 6.45) is 2.50. The number of aromatic nitrogens is 1. The maximum absolute atomic E-state index is 14.2. The normalized spacial score (nSPS) is 15.8. The second-order valence-electron chi connectivity index (χ2n) is 10.3. The van der Waals surface area contributed by atoms with E-state index in [9.17, 15) is 8.42 Å². The van der Waals surface area contributed by atoms with Gasteiger partial charge >= 0.3 is 0 Å². The first-order valence-electron chi connectivity index (χ1n) is 13.6. The van der Waals surface area contributed by atoms with Crippen molar-refractivity contribution < 1.29 is 8.42 Å². The van der Waals surface area contributed by atoms with E-state index < -0.39 is 10.0 Å². The molecule has 1 unspecified atom stereocenters. The lowest BCUT2D eigenvalue weighted by Crippen LogP contribution is -2.27. The number of para-hydroxylation sites is 2. The van der Waals surface area contributed by atoms with E-state index in [1.807, 2.05) is 61.7 Å². The first kappa shape index (κ1) is 25.6. The molecule has 0 saturated carbocycles. The van der Waals surface area contributed by atoms with E-state index in [1.54, 1.807) is 23.5 Å². The Morgan fingerprint density at radius 1 is 0.805 bits per heavy atom. The van der Waals surface area contributed by atoms with Gasteiger partial charge in [0.15, 0.2) is 0 Å². The molecule has 0 aliphatic carbocycles. The van der Waals surface area contributed by atoms with Gasteiger partial charge in [-0.2, -0.15) is 0 Å². The molecule has 1 aliphatic heterocycles. The Morgan fingerprint density at radius 3 is 2.20 bits per heavy atom. The van der Waals surface area contributed by atoms with Gasteiger partial charge in [0.05, 0.1) is 16.6 Å². The van der Waals surface area contributed by atoms with Gasteiger partial charge in [-0.1, -0.05) is 90.5 Å². The van der Waals surface area contributed by atoms with Crippen LogP contribution in [-0.4, -0.2) is 13.0 Å². The van der Waals surface area contributed by atoms with Crippen molar-refractivity contribution in [3.8, 4) is 11.1 Å². The average molecular weight is 573 g/mol. The Kier molecular flexibility index (Phi) is 6.37. The molecule has 0 amide bonds. The molecular formula is C35H28N2O2S2. The standard InChI is InChI=1S/C35H28N2O2S2/c1-25-18-20-29(21-19-25)41(38,39)36(28-13-6-3-7-14-28)24-27-23-32-34(26-11-4-2-5-12-26)30-15-8-9-16-31(30)37(32)35(27)33-17-10-22-40-33/h2-22,24,35H,23H2,1H3/b27-24+. The third-order valence-electron chi connectivity index (χ3n) is 7.74. The van der Waals surface area contributed by atoms with Crippen LogP contribution < -0.4 is 4.31 Å². The maximum atomic E-state index is 14.2. The lowest BCUT2D eigenvalue weighted by Gasteiger charge is -2.24. The van der Waals surface area contributed by atoms with E-state index in [1.165, 1.54) is 25.8 Å². The third-order valence-corrected chi connectivity index (χ3v) is 10.4. The Morgan fingerprint density at radius 2 is 1.49 bits per heavy atom. The van der Waals surface area contributed by atoms with Crippen molar-refractivity contribution in [2.45, 2.75) is 24.3 Å². The number of thiophene rings is 1. The zero-order valence-electron chi connectivity index (χ0n) is 22.5. The smallest absolute Gasteiger partial charge is 0.268 e. The van der Waals surface area contributed by atoms with Crippen molar-refractivity contribution in [3.05, 3.63) is 155 Å². The maximum Gasteiger partial charge on any atom is 0.268 e. The van der Waals surface area contributed by atoms with Crippen molar-refractivity contribution in [2.75, 3.05) is 4.31 Å². The summed E-state index contributed by atoms with van der Waals surface area (Å²) in [6, 6.07) is 39.5. The highest BCUT2D eigenvalue weighted by Crippen LogP contribution is 2.48. The van der Waals surface area contributed by atoms with E-state index in [2.05, 4.69) is 70.6 Å². The van der Waals surface area contributed by atoms with E-state index in [0.717, 1.165) is 22.2 Å². The second-order valence-corrected chi connectivity index (χ2v) is 13.1. The van der Waals surface area contributed by atoms with E-state index in [-0.39, 0.29) is 10.9 Å². The predicted molar refractivity (Wildman–Crippen MR) is 169 cm³/mol. The zero-order valence-corrected chi connectivity index (χ0v) is 24.1. The van der Waals surface area contributed by atoms with Gasteiger partial charge in [-0.05, 0) is 59.8 Å². The Bertz CT molecular complexity index is 1970. The van der Waals surface area contributed by atoms with Crippen molar-refractivity contribution >= 4 is 38.0 Å². The second kappa shape index (κ2) is 10.2. The van der Waals surface area contributed by atoms with Gasteiger partial charge in [0.25, 0.3) is 10.0 Å². The minimum Gasteiger partial charge on any atom is -0.331 e. The quantitative estimate of drug-likeness (QED) is 0.201. The number of aryl methyl sites for hydroxylation is 1. The molecule has 4 aromatic carbocycles. The number of rotatable bonds is 6. The van der Waals surface area contributed by atoms with Crippen molar-refractivity contribution in [2.24, 2.45) is 0 Å². The number of allylic oxidation sites excluding steroid dienone is 1. The van der Waals surface area contributed by atoms with Gasteiger partial charge in [-0.25, -0.2) is 12.7 Å². The largest absolute Gasteiger partial charge is 0.331 e. The van der Waals surface area contributed by atoms with Gasteiger partial charge in [0, 0.05) is 39.7 Å². The van der Waals surface area contributed by atoms with E-state index >= 15 is 0 Å². The number of fused-ring (bicyclic) bond motifs is 3. The third kappa shape index (κ3) is 4.40. The van der Waals surface area contributed by atoms with Crippen molar-refractivity contribution in [3.63, 3.8) is 0 Å². The van der Waals surface area contributed by atoms with Crippen LogP contribution in [-0.2, 0) is 16.4 Å². The molecule has 1 aliphatic rings. The average Bonchev–Trinajstić information content (AvgIpc) is 3.72. The topological polar surface area (TPSA) is 42.3 Å². The Hall–Kier alpha value is -4.39. The molecule has 6 heteroatoms. The van der Waals surface area contributed by atoms with Gasteiger partial charge < -0.3 is 4.57 Å². The summed E-state index contributed by atoms with van der Waals surface area (Å²) < 4.78 is 32.3. The molecule has 0 radical (unpaired) electrons. The SMILES string of the molecule is Cc1ccc(S(=O)(=O)N(/C=C2\Cc3c(-c4ccccc4)c4ccccc4n3C2c2cccs2)c2ccccc2)cc1.